The summed E-state index contributed by atoms with van der Waals surface area (Å²) in [6.07, 6.45) is 1.89. The molecule has 0 saturated carbocycles. The monoisotopic (exact) mass is 364 g/mol. The second kappa shape index (κ2) is 7.93. The molecule has 1 amide bonds. The van der Waals surface area contributed by atoms with Crippen LogP contribution in [0.1, 0.15) is 42.4 Å². The van der Waals surface area contributed by atoms with Gasteiger partial charge in [-0.05, 0) is 48.6 Å². The van der Waals surface area contributed by atoms with Crippen LogP contribution in [0.4, 0.5) is 4.39 Å². The van der Waals surface area contributed by atoms with Crippen molar-refractivity contribution in [3.8, 4) is 0 Å². The molecular weight excluding hydrogens is 343 g/mol. The molecule has 0 unspecified atom stereocenters. The first-order valence-electron chi connectivity index (χ1n) is 8.07. The molecule has 0 fully saturated rings. The van der Waals surface area contributed by atoms with Crippen molar-refractivity contribution < 1.29 is 14.3 Å². The van der Waals surface area contributed by atoms with Crippen molar-refractivity contribution in [3.63, 3.8) is 0 Å². The number of nitrogens with zero attached hydrogens (tertiary/aromatic N) is 1. The van der Waals surface area contributed by atoms with Gasteiger partial charge in [0.25, 0.3) is 5.91 Å². The first kappa shape index (κ1) is 19.3. The van der Waals surface area contributed by atoms with Gasteiger partial charge in [0, 0.05) is 6.20 Å². The number of carbonyl (C=O) groups excluding carboxylic acids is 1. The van der Waals surface area contributed by atoms with Gasteiger partial charge in [-0.1, -0.05) is 37.6 Å². The van der Waals surface area contributed by atoms with E-state index in [9.17, 15) is 14.3 Å². The van der Waals surface area contributed by atoms with Crippen LogP contribution in [0.3, 0.4) is 0 Å². The van der Waals surface area contributed by atoms with Crippen molar-refractivity contribution in [2.75, 3.05) is 6.61 Å². The molecule has 1 aromatic heterocycles. The van der Waals surface area contributed by atoms with Crippen molar-refractivity contribution in [1.29, 1.82) is 0 Å². The second-order valence-electron chi connectivity index (χ2n) is 6.65. The van der Waals surface area contributed by atoms with Gasteiger partial charge in [-0.15, -0.1) is 0 Å². The summed E-state index contributed by atoms with van der Waals surface area (Å²) in [5.74, 6) is -0.628. The van der Waals surface area contributed by atoms with E-state index in [0.29, 0.717) is 11.4 Å². The molecule has 25 heavy (non-hydrogen) atoms. The fourth-order valence-electron chi connectivity index (χ4n) is 2.25. The second-order valence-corrected chi connectivity index (χ2v) is 7.06. The molecule has 0 bridgehead atoms. The Labute approximate surface area is 152 Å². The third kappa shape index (κ3) is 4.77. The van der Waals surface area contributed by atoms with Gasteiger partial charge in [-0.3, -0.25) is 4.79 Å². The Bertz CT molecular complexity index is 750. The first-order valence-corrected chi connectivity index (χ1v) is 8.45. The number of carbonyl (C=O) groups is 1. The molecule has 0 saturated heterocycles. The zero-order chi connectivity index (χ0) is 18.6. The van der Waals surface area contributed by atoms with Crippen LogP contribution in [-0.2, 0) is 6.42 Å². The maximum atomic E-state index is 13.0. The lowest BCUT2D eigenvalue weighted by Gasteiger charge is -2.32. The van der Waals surface area contributed by atoms with E-state index >= 15 is 0 Å². The maximum absolute atomic E-state index is 13.0. The molecule has 4 nitrogen and oxygen atoms in total. The lowest BCUT2D eigenvalue weighted by molar-refractivity contribution is 0.0779. The van der Waals surface area contributed by atoms with E-state index in [0.717, 1.165) is 11.1 Å². The van der Waals surface area contributed by atoms with Gasteiger partial charge in [0.05, 0.1) is 17.2 Å². The summed E-state index contributed by atoms with van der Waals surface area (Å²) in [5.41, 5.74) is 1.09. The molecule has 0 spiro atoms. The molecule has 1 heterocycles. The Morgan fingerprint density at radius 2 is 2.00 bits per heavy atom. The van der Waals surface area contributed by atoms with Crippen molar-refractivity contribution in [1.82, 2.24) is 10.3 Å². The van der Waals surface area contributed by atoms with Crippen LogP contribution in [0, 0.1) is 11.7 Å². The van der Waals surface area contributed by atoms with E-state index < -0.39 is 5.54 Å². The Balaban J connectivity index is 2.23. The molecule has 2 aromatic rings. The zero-order valence-electron chi connectivity index (χ0n) is 14.5. The number of amides is 1. The van der Waals surface area contributed by atoms with Crippen LogP contribution in [0.5, 0.6) is 0 Å². The third-order valence-corrected chi connectivity index (χ3v) is 4.82. The topological polar surface area (TPSA) is 62.2 Å². The minimum Gasteiger partial charge on any atom is -0.394 e. The quantitative estimate of drug-likeness (QED) is 0.823. The number of nitrogens with one attached hydrogen (secondary N) is 1. The van der Waals surface area contributed by atoms with E-state index in [2.05, 4.69) is 10.3 Å². The average Bonchev–Trinajstić information content (AvgIpc) is 2.58. The molecule has 1 aromatic carbocycles. The van der Waals surface area contributed by atoms with E-state index in [4.69, 9.17) is 11.6 Å². The van der Waals surface area contributed by atoms with E-state index in [-0.39, 0.29) is 29.9 Å². The summed E-state index contributed by atoms with van der Waals surface area (Å²) in [7, 11) is 0. The molecule has 134 valence electrons. The van der Waals surface area contributed by atoms with E-state index in [1.165, 1.54) is 18.3 Å². The van der Waals surface area contributed by atoms with Gasteiger partial charge in [-0.2, -0.15) is 0 Å². The number of aromatic nitrogens is 1. The maximum Gasteiger partial charge on any atom is 0.270 e. The number of benzene rings is 1. The highest BCUT2D eigenvalue weighted by Gasteiger charge is 2.30. The largest absolute Gasteiger partial charge is 0.394 e. The predicted octanol–water partition coefficient (Wildman–Crippen LogP) is 3.60. The number of pyridine rings is 1. The summed E-state index contributed by atoms with van der Waals surface area (Å²) in [4.78, 5) is 16.6. The molecule has 0 radical (unpaired) electrons. The summed E-state index contributed by atoms with van der Waals surface area (Å²) < 4.78 is 13.0. The number of halogens is 2. The van der Waals surface area contributed by atoms with Gasteiger partial charge < -0.3 is 10.4 Å². The molecule has 6 heteroatoms. The smallest absolute Gasteiger partial charge is 0.270 e. The summed E-state index contributed by atoms with van der Waals surface area (Å²) >= 11 is 6.18. The van der Waals surface area contributed by atoms with Gasteiger partial charge in [0.15, 0.2) is 0 Å². The first-order chi connectivity index (χ1) is 11.7. The zero-order valence-corrected chi connectivity index (χ0v) is 15.3. The lowest BCUT2D eigenvalue weighted by atomic mass is 9.89. The van der Waals surface area contributed by atoms with Crippen LogP contribution >= 0.6 is 11.6 Å². The van der Waals surface area contributed by atoms with Crippen LogP contribution in [-0.4, -0.2) is 28.1 Å². The van der Waals surface area contributed by atoms with Gasteiger partial charge in [0.1, 0.15) is 11.5 Å². The van der Waals surface area contributed by atoms with Crippen LogP contribution in [0.25, 0.3) is 0 Å². The fraction of sp³-hybridized carbons (Fsp3) is 0.368. The Morgan fingerprint density at radius 3 is 2.56 bits per heavy atom. The van der Waals surface area contributed by atoms with E-state index in [1.807, 2.05) is 13.8 Å². The molecule has 0 aliphatic heterocycles. The number of hydrogen-bond donors (Lipinski definition) is 2. The Morgan fingerprint density at radius 1 is 1.36 bits per heavy atom. The highest BCUT2D eigenvalue weighted by atomic mass is 35.5. The third-order valence-electron chi connectivity index (χ3n) is 4.48. The van der Waals surface area contributed by atoms with Crippen molar-refractivity contribution in [2.24, 2.45) is 5.92 Å². The number of aliphatic hydroxyl groups is 1. The number of hydrogen-bond acceptors (Lipinski definition) is 3. The molecule has 0 aliphatic carbocycles. The molecule has 2 rings (SSSR count). The number of aliphatic hydroxyl groups excluding tert-OH is 1. The normalized spacial score (nSPS) is 13.6. The van der Waals surface area contributed by atoms with Crippen molar-refractivity contribution >= 4 is 17.5 Å². The van der Waals surface area contributed by atoms with Gasteiger partial charge in [-0.25, -0.2) is 9.37 Å². The SMILES string of the molecule is CC(C)[C@](C)(CO)NC(=O)c1cc(Cc2ccc(F)cc2)c(Cl)cn1. The fourth-order valence-corrected chi connectivity index (χ4v) is 2.42. The van der Waals surface area contributed by atoms with Crippen LogP contribution < -0.4 is 5.32 Å². The van der Waals surface area contributed by atoms with Crippen molar-refractivity contribution in [3.05, 3.63) is 64.2 Å². The van der Waals surface area contributed by atoms with Crippen LogP contribution in [0.2, 0.25) is 5.02 Å². The predicted molar refractivity (Wildman–Crippen MR) is 96.2 cm³/mol. The van der Waals surface area contributed by atoms with Gasteiger partial charge >= 0.3 is 0 Å². The minimum atomic E-state index is -0.741. The molecule has 2 N–H and O–H groups in total. The number of rotatable bonds is 6. The molecular formula is C19H22ClFN2O2. The Kier molecular flexibility index (Phi) is 6.14. The Hall–Kier alpha value is -1.98. The highest BCUT2D eigenvalue weighted by Crippen LogP contribution is 2.21. The molecule has 0 aliphatic rings. The van der Waals surface area contributed by atoms with Gasteiger partial charge in [0.2, 0.25) is 0 Å². The lowest BCUT2D eigenvalue weighted by Crippen LogP contribution is -2.52. The minimum absolute atomic E-state index is 0.0486. The summed E-state index contributed by atoms with van der Waals surface area (Å²) in [6, 6.07) is 7.74. The van der Waals surface area contributed by atoms with Crippen molar-refractivity contribution in [2.45, 2.75) is 32.7 Å². The summed E-state index contributed by atoms with van der Waals surface area (Å²) in [6.45, 7) is 5.45. The summed E-state index contributed by atoms with van der Waals surface area (Å²) in [5, 5.41) is 12.9. The standard InChI is InChI=1S/C19H22ClFN2O2/c1-12(2)19(3,11-24)23-18(25)17-9-14(16(20)10-22-17)8-13-4-6-15(21)7-5-13/h4-7,9-10,12,24H,8,11H2,1-3H3,(H,23,25)/t19-/m0/s1. The van der Waals surface area contributed by atoms with Crippen LogP contribution in [0.15, 0.2) is 36.5 Å². The molecule has 1 atom stereocenters. The average molecular weight is 365 g/mol. The highest BCUT2D eigenvalue weighted by molar-refractivity contribution is 6.31. The van der Waals surface area contributed by atoms with E-state index in [1.54, 1.807) is 25.1 Å².